The Morgan fingerprint density at radius 3 is 2.60 bits per heavy atom. The number of halogens is 2. The molecule has 0 spiro atoms. The van der Waals surface area contributed by atoms with Crippen LogP contribution in [0.5, 0.6) is 0 Å². The molecule has 0 amide bonds. The predicted molar refractivity (Wildman–Crippen MR) is 46.7 cm³/mol. The van der Waals surface area contributed by atoms with Gasteiger partial charge < -0.3 is 9.52 Å². The van der Waals surface area contributed by atoms with Crippen LogP contribution in [0.2, 0.25) is 0 Å². The van der Waals surface area contributed by atoms with E-state index >= 15 is 0 Å². The third kappa shape index (κ3) is 2.74. The SMILES string of the molecule is Cc1nc(CC(C)C(=O)O)oc1C(F)F. The number of rotatable bonds is 4. The molecule has 1 atom stereocenters. The lowest BCUT2D eigenvalue weighted by atomic mass is 10.1. The van der Waals surface area contributed by atoms with Gasteiger partial charge in [-0.05, 0) is 6.92 Å². The second kappa shape index (κ2) is 4.37. The normalized spacial score (nSPS) is 13.1. The maximum atomic E-state index is 12.3. The summed E-state index contributed by atoms with van der Waals surface area (Å²) in [6, 6.07) is 0. The van der Waals surface area contributed by atoms with E-state index in [9.17, 15) is 13.6 Å². The van der Waals surface area contributed by atoms with E-state index in [0.29, 0.717) is 0 Å². The van der Waals surface area contributed by atoms with Crippen molar-refractivity contribution in [1.82, 2.24) is 4.98 Å². The highest BCUT2D eigenvalue weighted by Crippen LogP contribution is 2.24. The van der Waals surface area contributed by atoms with Crippen LogP contribution in [0.25, 0.3) is 0 Å². The van der Waals surface area contributed by atoms with Gasteiger partial charge in [-0.1, -0.05) is 6.92 Å². The lowest BCUT2D eigenvalue weighted by molar-refractivity contribution is -0.141. The van der Waals surface area contributed by atoms with Gasteiger partial charge in [-0.15, -0.1) is 0 Å². The minimum Gasteiger partial charge on any atom is -0.481 e. The lowest BCUT2D eigenvalue weighted by Gasteiger charge is -2.00. The topological polar surface area (TPSA) is 63.3 Å². The number of hydrogen-bond donors (Lipinski definition) is 1. The highest BCUT2D eigenvalue weighted by atomic mass is 19.3. The smallest absolute Gasteiger partial charge is 0.306 e. The molecule has 0 radical (unpaired) electrons. The molecule has 0 aliphatic rings. The van der Waals surface area contributed by atoms with Gasteiger partial charge in [0.25, 0.3) is 6.43 Å². The van der Waals surface area contributed by atoms with Crippen LogP contribution in [0.1, 0.15) is 30.7 Å². The van der Waals surface area contributed by atoms with Crippen molar-refractivity contribution in [1.29, 1.82) is 0 Å². The average molecular weight is 219 g/mol. The van der Waals surface area contributed by atoms with Gasteiger partial charge in [0.15, 0.2) is 11.7 Å². The Balaban J connectivity index is 2.79. The summed E-state index contributed by atoms with van der Waals surface area (Å²) >= 11 is 0. The summed E-state index contributed by atoms with van der Waals surface area (Å²) in [5.41, 5.74) is 0.109. The quantitative estimate of drug-likeness (QED) is 0.842. The van der Waals surface area contributed by atoms with Crippen molar-refractivity contribution < 1.29 is 23.1 Å². The fraction of sp³-hybridized carbons (Fsp3) is 0.556. The predicted octanol–water partition coefficient (Wildman–Crippen LogP) is 2.18. The van der Waals surface area contributed by atoms with Gasteiger partial charge in [0.05, 0.1) is 11.6 Å². The van der Waals surface area contributed by atoms with E-state index in [2.05, 4.69) is 4.98 Å². The van der Waals surface area contributed by atoms with Crippen molar-refractivity contribution in [2.24, 2.45) is 5.92 Å². The Labute approximate surface area is 84.9 Å². The number of hydrogen-bond acceptors (Lipinski definition) is 3. The molecule has 0 aliphatic carbocycles. The summed E-state index contributed by atoms with van der Waals surface area (Å²) < 4.78 is 29.3. The van der Waals surface area contributed by atoms with Crippen molar-refractivity contribution in [3.8, 4) is 0 Å². The van der Waals surface area contributed by atoms with Gasteiger partial charge in [0, 0.05) is 6.42 Å². The monoisotopic (exact) mass is 219 g/mol. The highest BCUT2D eigenvalue weighted by Gasteiger charge is 2.21. The maximum absolute atomic E-state index is 12.3. The van der Waals surface area contributed by atoms with E-state index in [4.69, 9.17) is 9.52 Å². The molecule has 0 aromatic carbocycles. The van der Waals surface area contributed by atoms with Crippen molar-refractivity contribution >= 4 is 5.97 Å². The summed E-state index contributed by atoms with van der Waals surface area (Å²) in [7, 11) is 0. The standard InChI is InChI=1S/C9H11F2NO3/c1-4(9(13)14)3-6-12-5(2)7(15-6)8(10)11/h4,8H,3H2,1-2H3,(H,13,14). The van der Waals surface area contributed by atoms with Crippen molar-refractivity contribution in [2.75, 3.05) is 0 Å². The lowest BCUT2D eigenvalue weighted by Crippen LogP contribution is -2.12. The summed E-state index contributed by atoms with van der Waals surface area (Å²) in [6.07, 6.45) is -2.70. The van der Waals surface area contributed by atoms with Crippen molar-refractivity contribution in [2.45, 2.75) is 26.7 Å². The molecule has 0 saturated carbocycles. The highest BCUT2D eigenvalue weighted by molar-refractivity contribution is 5.69. The third-order valence-electron chi connectivity index (χ3n) is 1.98. The van der Waals surface area contributed by atoms with Crippen LogP contribution in [0.3, 0.4) is 0 Å². The fourth-order valence-corrected chi connectivity index (χ4v) is 1.10. The number of alkyl halides is 2. The number of carboxylic acids is 1. The van der Waals surface area contributed by atoms with Crippen molar-refractivity contribution in [3.05, 3.63) is 17.3 Å². The van der Waals surface area contributed by atoms with Crippen LogP contribution in [0.15, 0.2) is 4.42 Å². The average Bonchev–Trinajstić information content (AvgIpc) is 2.46. The molecule has 0 aliphatic heterocycles. The van der Waals surface area contributed by atoms with Crippen LogP contribution < -0.4 is 0 Å². The summed E-state index contributed by atoms with van der Waals surface area (Å²) in [4.78, 5) is 14.3. The van der Waals surface area contributed by atoms with Gasteiger partial charge >= 0.3 is 5.97 Å². The van der Waals surface area contributed by atoms with Crippen LogP contribution in [-0.4, -0.2) is 16.1 Å². The van der Waals surface area contributed by atoms with E-state index in [1.807, 2.05) is 0 Å². The van der Waals surface area contributed by atoms with Gasteiger partial charge in [0.1, 0.15) is 0 Å². The van der Waals surface area contributed by atoms with Crippen LogP contribution >= 0.6 is 0 Å². The Kier molecular flexibility index (Phi) is 3.39. The van der Waals surface area contributed by atoms with Gasteiger partial charge in [-0.3, -0.25) is 4.79 Å². The largest absolute Gasteiger partial charge is 0.481 e. The van der Waals surface area contributed by atoms with E-state index in [0.717, 1.165) is 0 Å². The molecule has 1 unspecified atom stereocenters. The second-order valence-electron chi connectivity index (χ2n) is 3.30. The Bertz CT molecular complexity index is 362. The zero-order valence-corrected chi connectivity index (χ0v) is 8.33. The van der Waals surface area contributed by atoms with Gasteiger partial charge in [-0.25, -0.2) is 13.8 Å². The Morgan fingerprint density at radius 2 is 2.20 bits per heavy atom. The molecule has 0 saturated heterocycles. The first-order valence-corrected chi connectivity index (χ1v) is 4.39. The summed E-state index contributed by atoms with van der Waals surface area (Å²) in [5.74, 6) is -2.15. The molecule has 1 heterocycles. The fourth-order valence-electron chi connectivity index (χ4n) is 1.10. The molecule has 0 fully saturated rings. The number of aromatic nitrogens is 1. The molecule has 1 aromatic heterocycles. The van der Waals surface area contributed by atoms with Crippen molar-refractivity contribution in [3.63, 3.8) is 0 Å². The second-order valence-corrected chi connectivity index (χ2v) is 3.30. The molecule has 0 bridgehead atoms. The van der Waals surface area contributed by atoms with E-state index in [-0.39, 0.29) is 18.0 Å². The molecular formula is C9H11F2NO3. The minimum atomic E-state index is -2.72. The summed E-state index contributed by atoms with van der Waals surface area (Å²) in [5, 5.41) is 8.61. The number of aliphatic carboxylic acids is 1. The third-order valence-corrected chi connectivity index (χ3v) is 1.98. The first kappa shape index (κ1) is 11.6. The first-order valence-electron chi connectivity index (χ1n) is 4.39. The van der Waals surface area contributed by atoms with Crippen LogP contribution in [-0.2, 0) is 11.2 Å². The molecule has 6 heteroatoms. The Hall–Kier alpha value is -1.46. The molecule has 84 valence electrons. The van der Waals surface area contributed by atoms with Crippen LogP contribution in [0.4, 0.5) is 8.78 Å². The summed E-state index contributed by atoms with van der Waals surface area (Å²) in [6.45, 7) is 2.86. The molecule has 15 heavy (non-hydrogen) atoms. The Morgan fingerprint density at radius 1 is 1.60 bits per heavy atom. The number of aryl methyl sites for hydroxylation is 1. The molecule has 4 nitrogen and oxygen atoms in total. The molecule has 1 rings (SSSR count). The number of oxazole rings is 1. The number of carboxylic acid groups (broad SMARTS) is 1. The van der Waals surface area contributed by atoms with Gasteiger partial charge in [-0.2, -0.15) is 0 Å². The maximum Gasteiger partial charge on any atom is 0.306 e. The van der Waals surface area contributed by atoms with E-state index in [1.54, 1.807) is 0 Å². The van der Waals surface area contributed by atoms with Gasteiger partial charge in [0.2, 0.25) is 0 Å². The zero-order chi connectivity index (χ0) is 11.6. The van der Waals surface area contributed by atoms with Crippen LogP contribution in [0, 0.1) is 12.8 Å². The van der Waals surface area contributed by atoms with E-state index in [1.165, 1.54) is 13.8 Å². The zero-order valence-electron chi connectivity index (χ0n) is 8.33. The number of nitrogens with zero attached hydrogens (tertiary/aromatic N) is 1. The minimum absolute atomic E-state index is 0.0168. The van der Waals surface area contributed by atoms with E-state index < -0.39 is 24.1 Å². The molecule has 1 aromatic rings. The molecule has 1 N–H and O–H groups in total. The first-order chi connectivity index (χ1) is 6.91. The molecular weight excluding hydrogens is 208 g/mol. The number of carbonyl (C=O) groups is 1.